The van der Waals surface area contributed by atoms with Gasteiger partial charge in [-0.15, -0.1) is 0 Å². The molecule has 4 heteroatoms. The third-order valence-electron chi connectivity index (χ3n) is 4.22. The highest BCUT2D eigenvalue weighted by atomic mass is 16.2. The Morgan fingerprint density at radius 1 is 1.25 bits per heavy atom. The van der Waals surface area contributed by atoms with Crippen molar-refractivity contribution in [1.29, 1.82) is 0 Å². The fraction of sp³-hybridized carbons (Fsp3) is 0.375. The van der Waals surface area contributed by atoms with E-state index in [1.165, 1.54) is 18.4 Å². The van der Waals surface area contributed by atoms with E-state index in [-0.39, 0.29) is 11.8 Å². The molecule has 1 heterocycles. The average Bonchev–Trinajstić information content (AvgIpc) is 3.39. The molecule has 1 aromatic heterocycles. The van der Waals surface area contributed by atoms with E-state index in [1.54, 1.807) is 0 Å². The first kappa shape index (κ1) is 11.7. The SMILES string of the molecule is O=C(Nc1cc(C2CC2)[nH]n1)[C@@H]1C[C@H]1c1ccccc1. The fourth-order valence-corrected chi connectivity index (χ4v) is 2.78. The highest BCUT2D eigenvalue weighted by Crippen LogP contribution is 2.48. The van der Waals surface area contributed by atoms with E-state index < -0.39 is 0 Å². The van der Waals surface area contributed by atoms with E-state index in [1.807, 2.05) is 24.3 Å². The van der Waals surface area contributed by atoms with Gasteiger partial charge in [-0.3, -0.25) is 9.89 Å². The molecule has 2 aromatic rings. The van der Waals surface area contributed by atoms with Gasteiger partial charge in [-0.05, 0) is 30.7 Å². The standard InChI is InChI=1S/C16H17N3O/c20-16(13-8-12(13)10-4-2-1-3-5-10)17-15-9-14(18-19-15)11-6-7-11/h1-5,9,11-13H,6-8H2,(H2,17,18,19,20)/t12-,13+/m0/s1. The van der Waals surface area contributed by atoms with Crippen LogP contribution in [0.5, 0.6) is 0 Å². The molecule has 2 N–H and O–H groups in total. The molecule has 0 saturated heterocycles. The van der Waals surface area contributed by atoms with Crippen LogP contribution in [-0.2, 0) is 4.79 Å². The highest BCUT2D eigenvalue weighted by Gasteiger charge is 2.44. The van der Waals surface area contributed by atoms with Crippen LogP contribution in [0.15, 0.2) is 36.4 Å². The maximum absolute atomic E-state index is 12.2. The van der Waals surface area contributed by atoms with Crippen molar-refractivity contribution in [3.8, 4) is 0 Å². The van der Waals surface area contributed by atoms with Crippen LogP contribution < -0.4 is 5.32 Å². The fourth-order valence-electron chi connectivity index (χ4n) is 2.78. The van der Waals surface area contributed by atoms with Gasteiger partial charge in [0.2, 0.25) is 5.91 Å². The highest BCUT2D eigenvalue weighted by molar-refractivity contribution is 5.94. The van der Waals surface area contributed by atoms with Gasteiger partial charge >= 0.3 is 0 Å². The summed E-state index contributed by atoms with van der Waals surface area (Å²) in [6, 6.07) is 12.2. The van der Waals surface area contributed by atoms with Crippen molar-refractivity contribution in [2.24, 2.45) is 5.92 Å². The van der Waals surface area contributed by atoms with E-state index in [0.717, 1.165) is 12.1 Å². The second-order valence-corrected chi connectivity index (χ2v) is 5.83. The van der Waals surface area contributed by atoms with E-state index in [0.29, 0.717) is 17.7 Å². The predicted octanol–water partition coefficient (Wildman–Crippen LogP) is 3.03. The normalized spacial score (nSPS) is 24.4. The van der Waals surface area contributed by atoms with Gasteiger partial charge in [-0.1, -0.05) is 30.3 Å². The zero-order valence-corrected chi connectivity index (χ0v) is 11.2. The zero-order chi connectivity index (χ0) is 13.5. The quantitative estimate of drug-likeness (QED) is 0.894. The van der Waals surface area contributed by atoms with Crippen molar-refractivity contribution < 1.29 is 4.79 Å². The Balaban J connectivity index is 1.39. The molecule has 102 valence electrons. The summed E-state index contributed by atoms with van der Waals surface area (Å²) in [7, 11) is 0. The summed E-state index contributed by atoms with van der Waals surface area (Å²) in [5.74, 6) is 1.85. The Kier molecular flexibility index (Phi) is 2.62. The number of hydrogen-bond donors (Lipinski definition) is 2. The first-order chi connectivity index (χ1) is 9.81. The van der Waals surface area contributed by atoms with Crippen molar-refractivity contribution in [3.63, 3.8) is 0 Å². The number of aromatic nitrogens is 2. The third-order valence-corrected chi connectivity index (χ3v) is 4.22. The summed E-state index contributed by atoms with van der Waals surface area (Å²) in [5, 5.41) is 10.1. The van der Waals surface area contributed by atoms with Crippen LogP contribution in [-0.4, -0.2) is 16.1 Å². The number of aromatic amines is 1. The number of hydrogen-bond acceptors (Lipinski definition) is 2. The average molecular weight is 267 g/mol. The van der Waals surface area contributed by atoms with Crippen LogP contribution in [0.25, 0.3) is 0 Å². The van der Waals surface area contributed by atoms with Gasteiger partial charge in [0.05, 0.1) is 0 Å². The Labute approximate surface area is 117 Å². The number of nitrogens with zero attached hydrogens (tertiary/aromatic N) is 1. The lowest BCUT2D eigenvalue weighted by molar-refractivity contribution is -0.117. The van der Waals surface area contributed by atoms with Crippen LogP contribution in [0.3, 0.4) is 0 Å². The Hall–Kier alpha value is -2.10. The van der Waals surface area contributed by atoms with Gasteiger partial charge in [0.25, 0.3) is 0 Å². The van der Waals surface area contributed by atoms with Crippen LogP contribution >= 0.6 is 0 Å². The molecule has 4 nitrogen and oxygen atoms in total. The molecule has 2 aliphatic carbocycles. The molecule has 2 saturated carbocycles. The van der Waals surface area contributed by atoms with E-state index in [2.05, 4.69) is 27.6 Å². The van der Waals surface area contributed by atoms with Gasteiger partial charge in [0.1, 0.15) is 0 Å². The maximum atomic E-state index is 12.2. The minimum Gasteiger partial charge on any atom is -0.309 e. The molecule has 20 heavy (non-hydrogen) atoms. The first-order valence-corrected chi connectivity index (χ1v) is 7.22. The number of nitrogens with one attached hydrogen (secondary N) is 2. The van der Waals surface area contributed by atoms with Crippen LogP contribution in [0.4, 0.5) is 5.82 Å². The molecular weight excluding hydrogens is 250 g/mol. The van der Waals surface area contributed by atoms with Crippen molar-refractivity contribution in [1.82, 2.24) is 10.2 Å². The summed E-state index contributed by atoms with van der Waals surface area (Å²) in [6.07, 6.45) is 3.40. The number of anilines is 1. The summed E-state index contributed by atoms with van der Waals surface area (Å²) in [4.78, 5) is 12.2. The molecule has 0 spiro atoms. The molecule has 0 unspecified atom stereocenters. The second-order valence-electron chi connectivity index (χ2n) is 5.83. The molecule has 2 fully saturated rings. The third kappa shape index (κ3) is 2.22. The minimum absolute atomic E-state index is 0.0905. The van der Waals surface area contributed by atoms with Gasteiger partial charge in [0, 0.05) is 23.6 Å². The van der Waals surface area contributed by atoms with E-state index in [9.17, 15) is 4.79 Å². The predicted molar refractivity (Wildman–Crippen MR) is 76.5 cm³/mol. The number of rotatable bonds is 4. The lowest BCUT2D eigenvalue weighted by atomic mass is 10.1. The number of benzene rings is 1. The molecule has 1 aromatic carbocycles. The second kappa shape index (κ2) is 4.47. The van der Waals surface area contributed by atoms with Crippen molar-refractivity contribution in [3.05, 3.63) is 47.7 Å². The molecular formula is C16H17N3O. The summed E-state index contributed by atoms with van der Waals surface area (Å²) in [5.41, 5.74) is 2.41. The molecule has 0 aliphatic heterocycles. The van der Waals surface area contributed by atoms with Gasteiger partial charge in [-0.25, -0.2) is 0 Å². The van der Waals surface area contributed by atoms with Crippen molar-refractivity contribution in [2.75, 3.05) is 5.32 Å². The Morgan fingerprint density at radius 3 is 2.80 bits per heavy atom. The summed E-state index contributed by atoms with van der Waals surface area (Å²) >= 11 is 0. The molecule has 0 bridgehead atoms. The number of carbonyl (C=O) groups is 1. The van der Waals surface area contributed by atoms with Crippen LogP contribution in [0.1, 0.15) is 42.4 Å². The number of carbonyl (C=O) groups excluding carboxylic acids is 1. The smallest absolute Gasteiger partial charge is 0.229 e. The summed E-state index contributed by atoms with van der Waals surface area (Å²) in [6.45, 7) is 0. The minimum atomic E-state index is 0.0905. The largest absolute Gasteiger partial charge is 0.309 e. The Morgan fingerprint density at radius 2 is 2.05 bits per heavy atom. The molecule has 2 aliphatic rings. The molecule has 2 atom stereocenters. The first-order valence-electron chi connectivity index (χ1n) is 7.22. The molecule has 1 amide bonds. The van der Waals surface area contributed by atoms with Crippen LogP contribution in [0.2, 0.25) is 0 Å². The lowest BCUT2D eigenvalue weighted by Crippen LogP contribution is -2.14. The topological polar surface area (TPSA) is 57.8 Å². The molecule has 0 radical (unpaired) electrons. The van der Waals surface area contributed by atoms with Crippen molar-refractivity contribution in [2.45, 2.75) is 31.1 Å². The summed E-state index contributed by atoms with van der Waals surface area (Å²) < 4.78 is 0. The van der Waals surface area contributed by atoms with Crippen LogP contribution in [0, 0.1) is 5.92 Å². The van der Waals surface area contributed by atoms with Gasteiger partial charge < -0.3 is 5.32 Å². The van der Waals surface area contributed by atoms with Crippen molar-refractivity contribution >= 4 is 11.7 Å². The van der Waals surface area contributed by atoms with E-state index in [4.69, 9.17) is 0 Å². The van der Waals surface area contributed by atoms with Gasteiger partial charge in [0.15, 0.2) is 5.82 Å². The Bertz CT molecular complexity index is 630. The monoisotopic (exact) mass is 267 g/mol. The van der Waals surface area contributed by atoms with Gasteiger partial charge in [-0.2, -0.15) is 5.10 Å². The maximum Gasteiger partial charge on any atom is 0.229 e. The molecule has 4 rings (SSSR count). The zero-order valence-electron chi connectivity index (χ0n) is 11.2. The van der Waals surface area contributed by atoms with E-state index >= 15 is 0 Å². The lowest BCUT2D eigenvalue weighted by Gasteiger charge is -2.01. The number of amides is 1. The number of H-pyrrole nitrogens is 1.